The van der Waals surface area contributed by atoms with E-state index in [1.54, 1.807) is 32.1 Å². The van der Waals surface area contributed by atoms with Crippen LogP contribution < -0.4 is 0 Å². The van der Waals surface area contributed by atoms with Gasteiger partial charge < -0.3 is 14.6 Å². The summed E-state index contributed by atoms with van der Waals surface area (Å²) in [4.78, 5) is 12.1. The monoisotopic (exact) mass is 334 g/mol. The minimum Gasteiger partial charge on any atom is -0.456 e. The second-order valence-corrected chi connectivity index (χ2v) is 7.06. The zero-order valence-corrected chi connectivity index (χ0v) is 15.6. The molecule has 24 heavy (non-hydrogen) atoms. The molecule has 1 heterocycles. The third-order valence-corrected chi connectivity index (χ3v) is 4.16. The Morgan fingerprint density at radius 3 is 2.50 bits per heavy atom. The highest BCUT2D eigenvalue weighted by Crippen LogP contribution is 2.40. The maximum atomic E-state index is 12.1. The minimum absolute atomic E-state index is 0.102. The van der Waals surface area contributed by atoms with Crippen molar-refractivity contribution in [1.29, 1.82) is 0 Å². The van der Waals surface area contributed by atoms with Crippen LogP contribution in [0, 0.1) is 0 Å². The Morgan fingerprint density at radius 2 is 2.04 bits per heavy atom. The zero-order valence-electron chi connectivity index (χ0n) is 15.6. The molecule has 0 aromatic heterocycles. The lowest BCUT2D eigenvalue weighted by atomic mass is 9.99. The number of carbonyl (C=O) groups excluding carboxylic acids is 1. The first-order valence-electron chi connectivity index (χ1n) is 8.25. The lowest BCUT2D eigenvalue weighted by molar-refractivity contribution is -0.145. The third kappa shape index (κ3) is 6.10. The fourth-order valence-corrected chi connectivity index (χ4v) is 2.24. The van der Waals surface area contributed by atoms with Gasteiger partial charge in [-0.25, -0.2) is 4.79 Å². The van der Waals surface area contributed by atoms with E-state index in [9.17, 15) is 9.90 Å². The maximum Gasteiger partial charge on any atom is 0.333 e. The van der Waals surface area contributed by atoms with Crippen LogP contribution in [0.3, 0.4) is 0 Å². The molecule has 1 fully saturated rings. The van der Waals surface area contributed by atoms with E-state index < -0.39 is 5.60 Å². The largest absolute Gasteiger partial charge is 0.456 e. The second kappa shape index (κ2) is 7.95. The molecule has 0 unspecified atom stereocenters. The molecule has 3 atom stereocenters. The van der Waals surface area contributed by atoms with Gasteiger partial charge in [-0.05, 0) is 47.6 Å². The Labute approximate surface area is 145 Å². The fourth-order valence-electron chi connectivity index (χ4n) is 2.24. The molecule has 1 rings (SSSR count). The van der Waals surface area contributed by atoms with Crippen LogP contribution in [0.5, 0.6) is 0 Å². The number of allylic oxidation sites excluding steroid dienone is 3. The number of aliphatic hydroxyl groups is 1. The van der Waals surface area contributed by atoms with Gasteiger partial charge in [-0.1, -0.05) is 36.5 Å². The lowest BCUT2D eigenvalue weighted by Crippen LogP contribution is -2.28. The average molecular weight is 334 g/mol. The van der Waals surface area contributed by atoms with Crippen molar-refractivity contribution in [3.8, 4) is 0 Å². The summed E-state index contributed by atoms with van der Waals surface area (Å²) in [6.45, 7) is 14.7. The van der Waals surface area contributed by atoms with Crippen LogP contribution >= 0.6 is 0 Å². The van der Waals surface area contributed by atoms with Crippen LogP contribution in [0.1, 0.15) is 48.0 Å². The van der Waals surface area contributed by atoms with Crippen LogP contribution in [-0.4, -0.2) is 34.5 Å². The summed E-state index contributed by atoms with van der Waals surface area (Å²) in [5, 5.41) is 9.86. The topological polar surface area (TPSA) is 59.1 Å². The molecule has 0 aromatic rings. The number of hydrogen-bond donors (Lipinski definition) is 1. The van der Waals surface area contributed by atoms with E-state index in [0.717, 1.165) is 5.57 Å². The van der Waals surface area contributed by atoms with Gasteiger partial charge in [0.2, 0.25) is 0 Å². The Bertz CT molecular complexity index is 564. The lowest BCUT2D eigenvalue weighted by Gasteiger charge is -2.17. The van der Waals surface area contributed by atoms with Gasteiger partial charge in [-0.15, -0.1) is 0 Å². The van der Waals surface area contributed by atoms with Crippen molar-refractivity contribution in [2.45, 2.75) is 71.4 Å². The van der Waals surface area contributed by atoms with Gasteiger partial charge in [0.15, 0.2) is 0 Å². The van der Waals surface area contributed by atoms with Crippen molar-refractivity contribution < 1.29 is 19.4 Å². The van der Waals surface area contributed by atoms with E-state index >= 15 is 0 Å². The molecule has 0 aromatic carbocycles. The van der Waals surface area contributed by atoms with Gasteiger partial charge in [-0.2, -0.15) is 0 Å². The van der Waals surface area contributed by atoms with Crippen molar-refractivity contribution in [2.75, 3.05) is 0 Å². The van der Waals surface area contributed by atoms with Gasteiger partial charge in [0.05, 0.1) is 11.2 Å². The quantitative estimate of drug-likeness (QED) is 0.241. The molecular weight excluding hydrogens is 304 g/mol. The summed E-state index contributed by atoms with van der Waals surface area (Å²) in [6, 6.07) is 0. The summed E-state index contributed by atoms with van der Waals surface area (Å²) >= 11 is 0. The summed E-state index contributed by atoms with van der Waals surface area (Å²) in [6.07, 6.45) is 8.70. The van der Waals surface area contributed by atoms with Gasteiger partial charge >= 0.3 is 5.97 Å². The standard InChI is InChI=1S/C20H30O4/c1-8-15(4)18(21)23-16(17-19(5,6)24-17)13-14(3)11-10-12-20(7,22)9-2/h8-12,16-17,22H,2,13H2,1,3-7H3/t16-,17+,20+/m1/s1. The van der Waals surface area contributed by atoms with E-state index in [1.165, 1.54) is 6.08 Å². The van der Waals surface area contributed by atoms with Crippen molar-refractivity contribution in [2.24, 2.45) is 0 Å². The molecule has 4 nitrogen and oxygen atoms in total. The molecule has 0 aliphatic carbocycles. The number of epoxide rings is 1. The molecule has 0 saturated carbocycles. The van der Waals surface area contributed by atoms with E-state index in [0.29, 0.717) is 12.0 Å². The van der Waals surface area contributed by atoms with E-state index in [4.69, 9.17) is 9.47 Å². The smallest absolute Gasteiger partial charge is 0.333 e. The first-order chi connectivity index (χ1) is 11.0. The highest BCUT2D eigenvalue weighted by Gasteiger charge is 2.54. The molecule has 1 aliphatic heterocycles. The fraction of sp³-hybridized carbons (Fsp3) is 0.550. The predicted molar refractivity (Wildman–Crippen MR) is 96.6 cm³/mol. The normalized spacial score (nSPS) is 24.4. The highest BCUT2D eigenvalue weighted by molar-refractivity contribution is 5.87. The first-order valence-corrected chi connectivity index (χ1v) is 8.25. The number of hydrogen-bond acceptors (Lipinski definition) is 4. The van der Waals surface area contributed by atoms with Crippen LogP contribution in [0.15, 0.2) is 48.1 Å². The van der Waals surface area contributed by atoms with Gasteiger partial charge in [-0.3, -0.25) is 0 Å². The summed E-state index contributed by atoms with van der Waals surface area (Å²) in [5.41, 5.74) is 0.320. The molecular formula is C20H30O4. The Morgan fingerprint density at radius 1 is 1.46 bits per heavy atom. The van der Waals surface area contributed by atoms with Crippen LogP contribution in [-0.2, 0) is 14.3 Å². The van der Waals surface area contributed by atoms with Crippen molar-refractivity contribution >= 4 is 5.97 Å². The number of carbonyl (C=O) groups is 1. The number of rotatable bonds is 8. The molecule has 1 N–H and O–H groups in total. The maximum absolute atomic E-state index is 12.1. The average Bonchev–Trinajstić information content (AvgIpc) is 3.14. The van der Waals surface area contributed by atoms with Gasteiger partial charge in [0, 0.05) is 12.0 Å². The molecule has 134 valence electrons. The van der Waals surface area contributed by atoms with E-state index in [-0.39, 0.29) is 23.8 Å². The molecule has 0 amide bonds. The van der Waals surface area contributed by atoms with Crippen molar-refractivity contribution in [3.05, 3.63) is 48.1 Å². The second-order valence-electron chi connectivity index (χ2n) is 7.06. The van der Waals surface area contributed by atoms with Crippen LogP contribution in [0.25, 0.3) is 0 Å². The van der Waals surface area contributed by atoms with Crippen molar-refractivity contribution in [1.82, 2.24) is 0 Å². The zero-order chi connectivity index (χ0) is 18.5. The van der Waals surface area contributed by atoms with E-state index in [1.807, 2.05) is 33.8 Å². The number of esters is 1. The van der Waals surface area contributed by atoms with Crippen molar-refractivity contribution in [3.63, 3.8) is 0 Å². The van der Waals surface area contributed by atoms with Gasteiger partial charge in [0.1, 0.15) is 12.2 Å². The Kier molecular flexibility index (Phi) is 6.76. The highest BCUT2D eigenvalue weighted by atomic mass is 16.6. The van der Waals surface area contributed by atoms with Gasteiger partial charge in [0.25, 0.3) is 0 Å². The number of ether oxygens (including phenoxy) is 2. The van der Waals surface area contributed by atoms with E-state index in [2.05, 4.69) is 6.58 Å². The van der Waals surface area contributed by atoms with Crippen LogP contribution in [0.4, 0.5) is 0 Å². The van der Waals surface area contributed by atoms with Crippen LogP contribution in [0.2, 0.25) is 0 Å². The molecule has 0 radical (unpaired) electrons. The Balaban J connectivity index is 2.78. The molecule has 0 bridgehead atoms. The first kappa shape index (κ1) is 20.4. The molecule has 0 spiro atoms. The summed E-state index contributed by atoms with van der Waals surface area (Å²) in [7, 11) is 0. The minimum atomic E-state index is -1.03. The Hall–Kier alpha value is -1.65. The molecule has 1 aliphatic rings. The predicted octanol–water partition coefficient (Wildman–Crippen LogP) is 3.87. The SMILES string of the molecule is C=C[C@](C)(O)C=CC=C(C)C[C@@H](OC(=O)C(C)=CC)[C@@H]1OC1(C)C. The third-order valence-electron chi connectivity index (χ3n) is 4.16. The molecule has 4 heteroatoms. The summed E-state index contributed by atoms with van der Waals surface area (Å²) in [5.74, 6) is -0.313. The molecule has 1 saturated heterocycles. The summed E-state index contributed by atoms with van der Waals surface area (Å²) < 4.78 is 11.3.